The van der Waals surface area contributed by atoms with E-state index in [2.05, 4.69) is 0 Å². The molecule has 0 bridgehead atoms. The molecule has 0 N–H and O–H groups in total. The summed E-state index contributed by atoms with van der Waals surface area (Å²) in [6.45, 7) is 0. The van der Waals surface area contributed by atoms with E-state index in [0.29, 0.717) is 0 Å². The summed E-state index contributed by atoms with van der Waals surface area (Å²) in [6, 6.07) is 0. The van der Waals surface area contributed by atoms with Gasteiger partial charge in [-0.1, -0.05) is 0 Å². The van der Waals surface area contributed by atoms with Crippen LogP contribution in [0.25, 0.3) is 0 Å². The summed E-state index contributed by atoms with van der Waals surface area (Å²) in [5, 5.41) is 0. The topological polar surface area (TPSA) is 17.1 Å². The Morgan fingerprint density at radius 1 is 1.25 bits per heavy atom. The Balaban J connectivity index is -0.00000000500. The summed E-state index contributed by atoms with van der Waals surface area (Å²) in [4.78, 5) is 0. The molecule has 0 aliphatic heterocycles. The molecule has 0 heterocycles. The van der Waals surface area contributed by atoms with Crippen molar-refractivity contribution in [1.82, 2.24) is 0 Å². The molecule has 0 amide bonds. The second-order valence-electron chi connectivity index (χ2n) is 0. The van der Waals surface area contributed by atoms with E-state index in [4.69, 9.17) is 3.83 Å². The summed E-state index contributed by atoms with van der Waals surface area (Å²) < 4.78 is 8.06. The summed E-state index contributed by atoms with van der Waals surface area (Å²) in [6.07, 6.45) is 0. The van der Waals surface area contributed by atoms with Gasteiger partial charge < -0.3 is 7.43 Å². The van der Waals surface area contributed by atoms with E-state index < -0.39 is 0 Å². The van der Waals surface area contributed by atoms with Gasteiger partial charge >= 0.3 is 19.8 Å². The average molecular weight is 138 g/mol. The number of hydrogen-bond donors (Lipinski definition) is 0. The van der Waals surface area contributed by atoms with Gasteiger partial charge in [-0.15, -0.1) is 0 Å². The number of rotatable bonds is 0. The molecule has 0 saturated heterocycles. The molecule has 1 nitrogen and oxygen atoms in total. The summed E-state index contributed by atoms with van der Waals surface area (Å²) in [7, 11) is 0. The second-order valence-corrected chi connectivity index (χ2v) is 0. The van der Waals surface area contributed by atoms with Gasteiger partial charge in [0, 0.05) is 17.4 Å². The molecule has 27 valence electrons. The van der Waals surface area contributed by atoms with Gasteiger partial charge in [0.2, 0.25) is 0 Å². The van der Waals surface area contributed by atoms with Crippen LogP contribution in [0.4, 0.5) is 0 Å². The molecule has 0 saturated carbocycles. The monoisotopic (exact) mass is 138 g/mol. The summed E-state index contributed by atoms with van der Waals surface area (Å²) in [5.41, 5.74) is 0. The van der Waals surface area contributed by atoms with Crippen molar-refractivity contribution in [3.05, 3.63) is 7.43 Å². The normalized spacial score (nSPS) is 1.00. The molecule has 0 fully saturated rings. The molecule has 3 heteroatoms. The van der Waals surface area contributed by atoms with Crippen molar-refractivity contribution in [3.63, 3.8) is 0 Å². The van der Waals surface area contributed by atoms with E-state index in [1.165, 1.54) is 0 Å². The first-order valence-corrected chi connectivity index (χ1v) is 0.636. The van der Waals surface area contributed by atoms with Crippen LogP contribution >= 0.6 is 0 Å². The van der Waals surface area contributed by atoms with Crippen molar-refractivity contribution in [2.75, 3.05) is 0 Å². The third kappa shape index (κ3) is 13.5. The maximum absolute atomic E-state index is 8.06. The first-order chi connectivity index (χ1) is 1.00. The second kappa shape index (κ2) is 43.2. The van der Waals surface area contributed by atoms with Crippen LogP contribution in [0.1, 0.15) is 0 Å². The maximum atomic E-state index is 8.06. The Morgan fingerprint density at radius 2 is 1.25 bits per heavy atom. The zero-order valence-electron chi connectivity index (χ0n) is 2.19. The van der Waals surface area contributed by atoms with Crippen LogP contribution in [-0.2, 0) is 37.1 Å². The Kier molecular flexibility index (Phi) is 227. The Bertz CT molecular complexity index is 8.00. The zero-order valence-corrected chi connectivity index (χ0v) is 4.65. The van der Waals surface area contributed by atoms with Crippen molar-refractivity contribution in [2.24, 2.45) is 0 Å². The molecule has 0 spiro atoms. The minimum atomic E-state index is 0. The third-order valence-corrected chi connectivity index (χ3v) is 0. The molecule has 4 heavy (non-hydrogen) atoms. The number of hydrogen-bond acceptors (Lipinski definition) is 1. The van der Waals surface area contributed by atoms with Crippen molar-refractivity contribution in [3.8, 4) is 0 Å². The van der Waals surface area contributed by atoms with Crippen LogP contribution in [0.2, 0.25) is 0 Å². The van der Waals surface area contributed by atoms with Gasteiger partial charge in [0.05, 0.1) is 0 Å². The quantitative estimate of drug-likeness (QED) is 0.348. The Labute approximate surface area is 44.9 Å². The fourth-order valence-electron chi connectivity index (χ4n) is 0. The van der Waals surface area contributed by atoms with Crippen LogP contribution in [0.3, 0.4) is 0 Å². The van der Waals surface area contributed by atoms with Crippen LogP contribution in [0.5, 0.6) is 0 Å². The Morgan fingerprint density at radius 3 is 1.25 bits per heavy atom. The van der Waals surface area contributed by atoms with Crippen molar-refractivity contribution < 1.29 is 37.1 Å². The summed E-state index contributed by atoms with van der Waals surface area (Å²) >= 11 is 1.69. The van der Waals surface area contributed by atoms with E-state index in [9.17, 15) is 0 Å². The first kappa shape index (κ1) is 21.0. The zero-order chi connectivity index (χ0) is 2.00. The minimum absolute atomic E-state index is 0. The van der Waals surface area contributed by atoms with Gasteiger partial charge in [-0.3, -0.25) is 0 Å². The Hall–Kier alpha value is 0.852. The van der Waals surface area contributed by atoms with Crippen molar-refractivity contribution in [2.45, 2.75) is 0 Å². The molecule has 0 aliphatic rings. The fraction of sp³-hybridized carbons (Fsp3) is 0. The molecular formula is CH3CrMnO-. The summed E-state index contributed by atoms with van der Waals surface area (Å²) in [5.74, 6) is 0. The van der Waals surface area contributed by atoms with Crippen LogP contribution < -0.4 is 0 Å². The van der Waals surface area contributed by atoms with Gasteiger partial charge in [0.1, 0.15) is 0 Å². The van der Waals surface area contributed by atoms with E-state index in [0.717, 1.165) is 0 Å². The van der Waals surface area contributed by atoms with Crippen LogP contribution in [0.15, 0.2) is 0 Å². The van der Waals surface area contributed by atoms with E-state index in [1.807, 2.05) is 0 Å². The standard InChI is InChI=1S/CH3.Cr.Mn.O/h1H3;;;/q-1;;;. The predicted octanol–water partition coefficient (Wildman–Crippen LogP) is 0.326. The van der Waals surface area contributed by atoms with Gasteiger partial charge in [0.25, 0.3) is 0 Å². The third-order valence-electron chi connectivity index (χ3n) is 0. The van der Waals surface area contributed by atoms with Gasteiger partial charge in [-0.05, 0) is 0 Å². The molecule has 0 radical (unpaired) electrons. The molecule has 0 aromatic carbocycles. The molecule has 0 unspecified atom stereocenters. The van der Waals surface area contributed by atoms with Gasteiger partial charge in [-0.25, -0.2) is 0 Å². The van der Waals surface area contributed by atoms with Crippen LogP contribution in [0, 0.1) is 7.43 Å². The molecule has 0 aliphatic carbocycles. The predicted molar refractivity (Wildman–Crippen MR) is 7.10 cm³/mol. The van der Waals surface area contributed by atoms with Crippen molar-refractivity contribution >= 4 is 0 Å². The molecule has 0 aromatic rings. The fourth-order valence-corrected chi connectivity index (χ4v) is 0. The van der Waals surface area contributed by atoms with Gasteiger partial charge in [0.15, 0.2) is 0 Å². The SMILES string of the molecule is [CH3-].[Cr].[O]=[Mn]. The first-order valence-electron chi connectivity index (χ1n) is 0.154. The van der Waals surface area contributed by atoms with E-state index >= 15 is 0 Å². The van der Waals surface area contributed by atoms with E-state index in [-0.39, 0.29) is 24.8 Å². The van der Waals surface area contributed by atoms with Crippen molar-refractivity contribution in [1.29, 1.82) is 0 Å². The molecular weight excluding hydrogens is 135 g/mol. The van der Waals surface area contributed by atoms with Gasteiger partial charge in [-0.2, -0.15) is 0 Å². The van der Waals surface area contributed by atoms with Crippen LogP contribution in [-0.4, -0.2) is 0 Å². The molecule has 0 aromatic heterocycles. The van der Waals surface area contributed by atoms with E-state index in [1.54, 1.807) is 15.9 Å². The molecule has 0 atom stereocenters. The molecule has 0 rings (SSSR count). The average Bonchev–Trinajstić information content (AvgIpc) is 1.00.